The molecule has 12 aromatic rings. The fourth-order valence-electron chi connectivity index (χ4n) is 9.31. The van der Waals surface area contributed by atoms with Crippen molar-refractivity contribution in [2.45, 2.75) is 0 Å². The Labute approximate surface area is 311 Å². The van der Waals surface area contributed by atoms with Crippen molar-refractivity contribution in [3.8, 4) is 33.6 Å². The molecule has 0 amide bonds. The molecule has 0 bridgehead atoms. The molecule has 12 rings (SSSR count). The first-order valence-electron chi connectivity index (χ1n) is 18.7. The van der Waals surface area contributed by atoms with Crippen LogP contribution in [0.2, 0.25) is 0 Å². The smallest absolute Gasteiger partial charge is 0.0542 e. The number of para-hydroxylation sites is 4. The van der Waals surface area contributed by atoms with Crippen molar-refractivity contribution in [1.29, 1.82) is 0 Å². The molecule has 0 aliphatic rings. The van der Waals surface area contributed by atoms with Gasteiger partial charge >= 0.3 is 0 Å². The Balaban J connectivity index is 1.14. The molecule has 0 spiro atoms. The lowest BCUT2D eigenvalue weighted by atomic mass is 9.89. The van der Waals surface area contributed by atoms with Crippen molar-refractivity contribution < 1.29 is 0 Å². The predicted molar refractivity (Wildman–Crippen MR) is 230 cm³/mol. The van der Waals surface area contributed by atoms with Gasteiger partial charge in [-0.3, -0.25) is 0 Å². The van der Waals surface area contributed by atoms with E-state index in [-0.39, 0.29) is 0 Å². The Kier molecular flexibility index (Phi) is 6.09. The number of benzene rings is 10. The number of hydrogen-bond acceptors (Lipinski definition) is 0. The first-order chi connectivity index (χ1) is 26.8. The maximum Gasteiger partial charge on any atom is 0.0542 e. The van der Waals surface area contributed by atoms with Crippen LogP contribution in [0.4, 0.5) is 0 Å². The van der Waals surface area contributed by atoms with E-state index >= 15 is 0 Å². The minimum atomic E-state index is 1.14. The molecule has 0 N–H and O–H groups in total. The van der Waals surface area contributed by atoms with Crippen LogP contribution < -0.4 is 0 Å². The van der Waals surface area contributed by atoms with Crippen LogP contribution >= 0.6 is 0 Å². The van der Waals surface area contributed by atoms with Gasteiger partial charge in [0.25, 0.3) is 0 Å². The van der Waals surface area contributed by atoms with E-state index in [1.54, 1.807) is 0 Å². The molecule has 2 heteroatoms. The summed E-state index contributed by atoms with van der Waals surface area (Å²) in [6, 6.07) is 71.7. The monoisotopic (exact) mass is 684 g/mol. The van der Waals surface area contributed by atoms with Crippen molar-refractivity contribution in [3.05, 3.63) is 194 Å². The Bertz CT molecular complexity index is 3330. The minimum Gasteiger partial charge on any atom is -0.309 e. The zero-order valence-corrected chi connectivity index (χ0v) is 29.4. The molecular formula is C52H32N2. The Morgan fingerprint density at radius 1 is 0.278 bits per heavy atom. The van der Waals surface area contributed by atoms with Gasteiger partial charge in [-0.2, -0.15) is 0 Å². The van der Waals surface area contributed by atoms with Crippen LogP contribution in [0.3, 0.4) is 0 Å². The fourth-order valence-corrected chi connectivity index (χ4v) is 9.31. The first-order valence-corrected chi connectivity index (χ1v) is 18.7. The van der Waals surface area contributed by atoms with E-state index in [9.17, 15) is 0 Å². The van der Waals surface area contributed by atoms with Gasteiger partial charge in [0.05, 0.1) is 27.8 Å². The van der Waals surface area contributed by atoms with Crippen LogP contribution in [0, 0.1) is 0 Å². The molecular weight excluding hydrogens is 653 g/mol. The first kappa shape index (κ1) is 29.4. The molecule has 0 radical (unpaired) electrons. The molecule has 54 heavy (non-hydrogen) atoms. The predicted octanol–water partition coefficient (Wildman–Crippen LogP) is 14.1. The lowest BCUT2D eigenvalue weighted by Crippen LogP contribution is -2.01. The highest BCUT2D eigenvalue weighted by Crippen LogP contribution is 2.42. The summed E-state index contributed by atoms with van der Waals surface area (Å²) < 4.78 is 4.88. The molecule has 0 atom stereocenters. The van der Waals surface area contributed by atoms with Gasteiger partial charge in [0.1, 0.15) is 0 Å². The van der Waals surface area contributed by atoms with Gasteiger partial charge in [-0.05, 0) is 97.5 Å². The average Bonchev–Trinajstić information content (AvgIpc) is 3.76. The second-order valence-electron chi connectivity index (χ2n) is 14.5. The summed E-state index contributed by atoms with van der Waals surface area (Å²) >= 11 is 0. The third-order valence-electron chi connectivity index (χ3n) is 11.7. The van der Waals surface area contributed by atoms with E-state index in [1.807, 2.05) is 0 Å². The summed E-state index contributed by atoms with van der Waals surface area (Å²) in [4.78, 5) is 0. The molecule has 0 saturated carbocycles. The highest BCUT2D eigenvalue weighted by molar-refractivity contribution is 6.25. The maximum atomic E-state index is 2.46. The van der Waals surface area contributed by atoms with Crippen LogP contribution in [0.15, 0.2) is 194 Å². The third-order valence-corrected chi connectivity index (χ3v) is 11.7. The molecule has 250 valence electrons. The normalized spacial score (nSPS) is 12.1. The van der Waals surface area contributed by atoms with Crippen LogP contribution in [0.1, 0.15) is 0 Å². The lowest BCUT2D eigenvalue weighted by molar-refractivity contribution is 1.15. The van der Waals surface area contributed by atoms with E-state index in [0.29, 0.717) is 0 Å². The quantitative estimate of drug-likeness (QED) is 0.163. The van der Waals surface area contributed by atoms with Gasteiger partial charge in [-0.25, -0.2) is 0 Å². The van der Waals surface area contributed by atoms with E-state index in [0.717, 1.165) is 11.4 Å². The summed E-state index contributed by atoms with van der Waals surface area (Å²) in [6.07, 6.45) is 0. The number of hydrogen-bond donors (Lipinski definition) is 0. The Morgan fingerprint density at radius 2 is 0.759 bits per heavy atom. The highest BCUT2D eigenvalue weighted by Gasteiger charge is 2.19. The maximum absolute atomic E-state index is 2.46. The van der Waals surface area contributed by atoms with Gasteiger partial charge in [0.15, 0.2) is 0 Å². The van der Waals surface area contributed by atoms with Gasteiger partial charge in [0, 0.05) is 32.8 Å². The van der Waals surface area contributed by atoms with Crippen molar-refractivity contribution in [1.82, 2.24) is 9.13 Å². The summed E-state index contributed by atoms with van der Waals surface area (Å²) in [5.41, 5.74) is 11.9. The summed E-state index contributed by atoms with van der Waals surface area (Å²) in [5.74, 6) is 0. The Hall–Kier alpha value is -7.16. The molecule has 2 aromatic heterocycles. The van der Waals surface area contributed by atoms with Gasteiger partial charge < -0.3 is 9.13 Å². The molecule has 2 heterocycles. The van der Waals surface area contributed by atoms with Crippen molar-refractivity contribution >= 4 is 75.9 Å². The van der Waals surface area contributed by atoms with E-state index in [1.165, 1.54) is 98.2 Å². The summed E-state index contributed by atoms with van der Waals surface area (Å²) in [6.45, 7) is 0. The van der Waals surface area contributed by atoms with Gasteiger partial charge in [0.2, 0.25) is 0 Å². The van der Waals surface area contributed by atoms with Crippen LogP contribution in [0.5, 0.6) is 0 Å². The number of nitrogens with zero attached hydrogens (tertiary/aromatic N) is 2. The van der Waals surface area contributed by atoms with Gasteiger partial charge in [-0.15, -0.1) is 0 Å². The van der Waals surface area contributed by atoms with Crippen LogP contribution in [-0.4, -0.2) is 9.13 Å². The summed E-state index contributed by atoms with van der Waals surface area (Å²) in [7, 11) is 0. The zero-order chi connectivity index (χ0) is 35.3. The number of aromatic nitrogens is 2. The third kappa shape index (κ3) is 4.11. The Morgan fingerprint density at radius 3 is 1.37 bits per heavy atom. The van der Waals surface area contributed by atoms with Crippen LogP contribution in [0.25, 0.3) is 110 Å². The molecule has 0 unspecified atom stereocenters. The molecule has 0 fully saturated rings. The summed E-state index contributed by atoms with van der Waals surface area (Å²) in [5, 5.41) is 12.9. The standard InChI is InChI=1S/C52H32N2/c1-5-19-46-40(15-1)41-16-2-6-20-47(41)53(46)38-27-30-50(54-48-21-7-3-17-42(48)43-18-4-8-22-49(43)54)45(32-38)37-14-10-13-36(31-37)39-28-25-35-24-23-33-11-9-12-34-26-29-44(39)52(35)51(33)34/h1-32H. The largest absolute Gasteiger partial charge is 0.309 e. The molecule has 0 aliphatic carbocycles. The molecule has 0 saturated heterocycles. The van der Waals surface area contributed by atoms with Crippen molar-refractivity contribution in [2.24, 2.45) is 0 Å². The van der Waals surface area contributed by atoms with Gasteiger partial charge in [-0.1, -0.05) is 146 Å². The second-order valence-corrected chi connectivity index (χ2v) is 14.5. The SMILES string of the molecule is c1cc(-c2cc(-n3c4ccccc4c4ccccc43)ccc2-n2c3ccccc3c3ccccc32)cc(-c2ccc3ccc4cccc5ccc2c3c45)c1. The number of fused-ring (bicyclic) bond motifs is 6. The highest BCUT2D eigenvalue weighted by atomic mass is 15.0. The average molecular weight is 685 g/mol. The van der Waals surface area contributed by atoms with Crippen molar-refractivity contribution in [3.63, 3.8) is 0 Å². The van der Waals surface area contributed by atoms with E-state index in [2.05, 4.69) is 203 Å². The molecule has 0 aliphatic heterocycles. The van der Waals surface area contributed by atoms with E-state index in [4.69, 9.17) is 0 Å². The zero-order valence-electron chi connectivity index (χ0n) is 29.4. The minimum absolute atomic E-state index is 1.14. The topological polar surface area (TPSA) is 9.86 Å². The molecule has 2 nitrogen and oxygen atoms in total. The van der Waals surface area contributed by atoms with Crippen LogP contribution in [-0.2, 0) is 0 Å². The second kappa shape index (κ2) is 11.2. The lowest BCUT2D eigenvalue weighted by Gasteiger charge is -2.18. The van der Waals surface area contributed by atoms with E-state index < -0.39 is 0 Å². The van der Waals surface area contributed by atoms with Crippen molar-refractivity contribution in [2.75, 3.05) is 0 Å². The molecule has 10 aromatic carbocycles. The fraction of sp³-hybridized carbons (Fsp3) is 0. The number of rotatable bonds is 4.